The predicted molar refractivity (Wildman–Crippen MR) is 149 cm³/mol. The van der Waals surface area contributed by atoms with Gasteiger partial charge in [-0.2, -0.15) is 10.4 Å². The number of nitrogens with one attached hydrogen (secondary N) is 2. The molecule has 2 heterocycles. The van der Waals surface area contributed by atoms with Gasteiger partial charge in [-0.1, -0.05) is 31.8 Å². The lowest BCUT2D eigenvalue weighted by Crippen LogP contribution is -2.41. The predicted octanol–water partition coefficient (Wildman–Crippen LogP) is 4.28. The first-order valence-electron chi connectivity index (χ1n) is 13.7. The highest BCUT2D eigenvalue weighted by molar-refractivity contribution is 5.68. The summed E-state index contributed by atoms with van der Waals surface area (Å²) in [6.45, 7) is 11.3. The second-order valence-electron chi connectivity index (χ2n) is 12.7. The van der Waals surface area contributed by atoms with Crippen LogP contribution in [0.1, 0.15) is 81.8 Å². The van der Waals surface area contributed by atoms with Crippen LogP contribution in [0.15, 0.2) is 29.7 Å². The molecule has 1 aromatic carbocycles. The molecule has 1 amide bonds. The summed E-state index contributed by atoms with van der Waals surface area (Å²) in [5.74, 6) is 7.61. The molecule has 1 aliphatic heterocycles. The number of hydrogen-bond acceptors (Lipinski definition) is 7. The Bertz CT molecular complexity index is 1490. The number of amides is 1. The maximum absolute atomic E-state index is 12.3. The zero-order valence-corrected chi connectivity index (χ0v) is 23.9. The average Bonchev–Trinajstić information content (AvgIpc) is 3.50. The number of nitrogens with two attached hydrogens (primary N) is 1. The highest BCUT2D eigenvalue weighted by Gasteiger charge is 2.56. The number of nitriles is 1. The number of aromatic nitrogens is 2. The van der Waals surface area contributed by atoms with E-state index in [1.165, 1.54) is 0 Å². The molecule has 0 spiro atoms. The smallest absolute Gasteiger partial charge is 0.407 e. The van der Waals surface area contributed by atoms with E-state index in [9.17, 15) is 15.2 Å². The molecule has 2 aromatic rings. The van der Waals surface area contributed by atoms with Crippen LogP contribution in [-0.4, -0.2) is 33.0 Å². The number of aryl methyl sites for hydroxylation is 1. The molecule has 0 radical (unpaired) electrons. The molecule has 210 valence electrons. The Hall–Kier alpha value is -3.95. The minimum atomic E-state index is -0.944. The van der Waals surface area contributed by atoms with E-state index in [4.69, 9.17) is 15.2 Å². The van der Waals surface area contributed by atoms with Crippen LogP contribution < -0.4 is 15.8 Å². The lowest BCUT2D eigenvalue weighted by molar-refractivity contribution is 0.0494. The van der Waals surface area contributed by atoms with E-state index in [2.05, 4.69) is 33.4 Å². The van der Waals surface area contributed by atoms with Gasteiger partial charge in [0.2, 0.25) is 11.8 Å². The van der Waals surface area contributed by atoms with Gasteiger partial charge in [0.25, 0.3) is 0 Å². The van der Waals surface area contributed by atoms with Gasteiger partial charge in [0.1, 0.15) is 17.2 Å². The Morgan fingerprint density at radius 2 is 2.05 bits per heavy atom. The molecule has 2 unspecified atom stereocenters. The number of rotatable bonds is 4. The maximum atomic E-state index is 12.3. The van der Waals surface area contributed by atoms with Crippen molar-refractivity contribution >= 4 is 6.09 Å². The third-order valence-electron chi connectivity index (χ3n) is 8.43. The van der Waals surface area contributed by atoms with E-state index in [0.29, 0.717) is 28.6 Å². The Balaban J connectivity index is 1.51. The summed E-state index contributed by atoms with van der Waals surface area (Å²) >= 11 is 0. The number of ether oxygens (including phenoxy) is 2. The molecular formula is C31H37N5O4. The fourth-order valence-electron chi connectivity index (χ4n) is 6.82. The van der Waals surface area contributed by atoms with Crippen LogP contribution in [0.4, 0.5) is 4.79 Å². The lowest BCUT2D eigenvalue weighted by atomic mass is 9.61. The first-order chi connectivity index (χ1) is 18.8. The molecule has 2 bridgehead atoms. The van der Waals surface area contributed by atoms with Gasteiger partial charge in [-0.15, -0.1) is 0 Å². The quantitative estimate of drug-likeness (QED) is 0.421. The minimum Gasteiger partial charge on any atom is -0.444 e. The summed E-state index contributed by atoms with van der Waals surface area (Å²) < 4.78 is 11.2. The van der Waals surface area contributed by atoms with E-state index in [1.807, 2.05) is 59.7 Å². The number of carbonyl (C=O) groups is 1. The van der Waals surface area contributed by atoms with Gasteiger partial charge in [-0.05, 0) is 82.1 Å². The number of benzene rings is 1. The summed E-state index contributed by atoms with van der Waals surface area (Å²) in [5.41, 5.74) is 8.64. The van der Waals surface area contributed by atoms with Crippen LogP contribution in [0, 0.1) is 47.3 Å². The van der Waals surface area contributed by atoms with E-state index in [1.54, 1.807) is 0 Å². The van der Waals surface area contributed by atoms with Gasteiger partial charge in [0, 0.05) is 17.0 Å². The molecule has 3 saturated carbocycles. The molecule has 4 aliphatic rings. The number of alkyl carbamates (subject to hydrolysis) is 1. The van der Waals surface area contributed by atoms with E-state index >= 15 is 0 Å². The summed E-state index contributed by atoms with van der Waals surface area (Å²) in [4.78, 5) is 12.3. The van der Waals surface area contributed by atoms with Crippen molar-refractivity contribution in [2.75, 3.05) is 0 Å². The van der Waals surface area contributed by atoms with Crippen molar-refractivity contribution in [1.82, 2.24) is 15.5 Å². The van der Waals surface area contributed by atoms with E-state index in [0.717, 1.165) is 36.0 Å². The first-order valence-corrected chi connectivity index (χ1v) is 13.7. The van der Waals surface area contributed by atoms with Crippen molar-refractivity contribution in [1.29, 1.82) is 5.26 Å². The number of carbonyl (C=O) groups excluding carboxylic acids is 1. The van der Waals surface area contributed by atoms with Crippen molar-refractivity contribution in [3.05, 3.63) is 57.6 Å². The lowest BCUT2D eigenvalue weighted by Gasteiger charge is -2.41. The SMILES string of the molecule is Cc1n[nH]c2c1C(c1cc(C#CC34CC(C3)C(NC(=O)OC(C)(C)C)C4)cc(CO)c1)(C(C)C)C(C#N)=C(N)O2. The number of aliphatic hydroxyl groups is 1. The van der Waals surface area contributed by atoms with Crippen molar-refractivity contribution in [3.63, 3.8) is 0 Å². The van der Waals surface area contributed by atoms with Crippen LogP contribution >= 0.6 is 0 Å². The second-order valence-corrected chi connectivity index (χ2v) is 12.7. The largest absolute Gasteiger partial charge is 0.444 e. The summed E-state index contributed by atoms with van der Waals surface area (Å²) in [6.07, 6.45) is 2.24. The van der Waals surface area contributed by atoms with Crippen LogP contribution in [0.5, 0.6) is 5.88 Å². The molecule has 2 atom stereocenters. The molecular weight excluding hydrogens is 506 g/mol. The number of H-pyrrole nitrogens is 1. The fraction of sp³-hybridized carbons (Fsp3) is 0.516. The Labute approximate surface area is 235 Å². The van der Waals surface area contributed by atoms with Gasteiger partial charge in [0.05, 0.1) is 23.3 Å². The summed E-state index contributed by atoms with van der Waals surface area (Å²) in [6, 6.07) is 8.12. The van der Waals surface area contributed by atoms with Gasteiger partial charge in [-0.3, -0.25) is 0 Å². The molecule has 9 nitrogen and oxygen atoms in total. The molecule has 3 aliphatic carbocycles. The van der Waals surface area contributed by atoms with Crippen LogP contribution in [0.2, 0.25) is 0 Å². The molecule has 3 fully saturated rings. The van der Waals surface area contributed by atoms with Crippen molar-refractivity contribution in [2.24, 2.45) is 23.0 Å². The van der Waals surface area contributed by atoms with Crippen molar-refractivity contribution < 1.29 is 19.4 Å². The molecule has 40 heavy (non-hydrogen) atoms. The number of hydrogen-bond donors (Lipinski definition) is 4. The Morgan fingerprint density at radius 3 is 2.67 bits per heavy atom. The Kier molecular flexibility index (Phi) is 6.63. The van der Waals surface area contributed by atoms with Gasteiger partial charge >= 0.3 is 6.09 Å². The molecule has 6 rings (SSSR count). The van der Waals surface area contributed by atoms with Crippen LogP contribution in [0.25, 0.3) is 0 Å². The molecule has 1 aromatic heterocycles. The van der Waals surface area contributed by atoms with E-state index in [-0.39, 0.29) is 29.9 Å². The average molecular weight is 544 g/mol. The molecule has 9 heteroatoms. The maximum Gasteiger partial charge on any atom is 0.407 e. The normalized spacial score (nSPS) is 26.7. The van der Waals surface area contributed by atoms with Crippen LogP contribution in [0.3, 0.4) is 0 Å². The molecule has 0 saturated heterocycles. The number of aromatic amines is 1. The topological polar surface area (TPSA) is 146 Å². The molecule has 5 N–H and O–H groups in total. The third-order valence-corrected chi connectivity index (χ3v) is 8.43. The zero-order valence-electron chi connectivity index (χ0n) is 23.9. The highest BCUT2D eigenvalue weighted by atomic mass is 16.6. The summed E-state index contributed by atoms with van der Waals surface area (Å²) in [5, 5.41) is 30.8. The number of allylic oxidation sites excluding steroid dienone is 1. The second kappa shape index (κ2) is 9.60. The van der Waals surface area contributed by atoms with Gasteiger partial charge in [0.15, 0.2) is 0 Å². The standard InChI is InChI=1S/C31H37N5O4/c1-17(2)31(23(15-32)26(33)39-27-25(31)18(3)35-36-27)22-10-19(9-20(11-22)16-37)7-8-30-12-21(13-30)24(14-30)34-28(38)40-29(4,5)6/h9-11,17,21,24,37H,12-14,16,33H2,1-6H3,(H,34,38)(H,35,36). The van der Waals surface area contributed by atoms with Crippen LogP contribution in [-0.2, 0) is 16.8 Å². The third kappa shape index (κ3) is 4.49. The first kappa shape index (κ1) is 27.6. The number of fused-ring (bicyclic) bond motifs is 2. The Morgan fingerprint density at radius 1 is 1.32 bits per heavy atom. The van der Waals surface area contributed by atoms with Crippen molar-refractivity contribution in [2.45, 2.75) is 84.5 Å². The van der Waals surface area contributed by atoms with Gasteiger partial charge in [-0.25, -0.2) is 9.89 Å². The van der Waals surface area contributed by atoms with Gasteiger partial charge < -0.3 is 25.6 Å². The minimum absolute atomic E-state index is 0.0308. The highest BCUT2D eigenvalue weighted by Crippen LogP contribution is 2.58. The zero-order chi connectivity index (χ0) is 29.0. The van der Waals surface area contributed by atoms with Crippen molar-refractivity contribution in [3.8, 4) is 23.8 Å². The monoisotopic (exact) mass is 543 g/mol. The number of nitrogens with zero attached hydrogens (tertiary/aromatic N) is 2. The summed E-state index contributed by atoms with van der Waals surface area (Å²) in [7, 11) is 0. The number of aliphatic hydroxyl groups excluding tert-OH is 1. The fourth-order valence-corrected chi connectivity index (χ4v) is 6.82. The van der Waals surface area contributed by atoms with E-state index < -0.39 is 17.1 Å².